The van der Waals surface area contributed by atoms with Crippen LogP contribution >= 0.6 is 0 Å². The maximum atomic E-state index is 10.9. The van der Waals surface area contributed by atoms with Gasteiger partial charge in [-0.05, 0) is 42.4 Å². The Balaban J connectivity index is 2.27. The Labute approximate surface area is 121 Å². The summed E-state index contributed by atoms with van der Waals surface area (Å²) in [5, 5.41) is 0. The number of hydrogen-bond donors (Lipinski definition) is 2. The van der Waals surface area contributed by atoms with Crippen LogP contribution in [0.15, 0.2) is 24.3 Å². The van der Waals surface area contributed by atoms with Crippen LogP contribution in [0.1, 0.15) is 52.0 Å². The minimum atomic E-state index is -0.108. The lowest BCUT2D eigenvalue weighted by atomic mass is 9.87. The van der Waals surface area contributed by atoms with Crippen molar-refractivity contribution in [1.29, 1.82) is 0 Å². The van der Waals surface area contributed by atoms with E-state index in [9.17, 15) is 4.79 Å². The average molecular weight is 278 g/mol. The van der Waals surface area contributed by atoms with Crippen LogP contribution in [-0.4, -0.2) is 12.5 Å². The Morgan fingerprint density at radius 3 is 2.65 bits per heavy atom. The number of unbranched alkanes of at least 4 members (excludes halogenated alkanes) is 2. The highest BCUT2D eigenvalue weighted by Crippen LogP contribution is 2.25. The zero-order valence-electron chi connectivity index (χ0n) is 12.7. The van der Waals surface area contributed by atoms with Crippen LogP contribution in [-0.2, 0) is 10.2 Å². The smallest absolute Gasteiger partial charge is 0.233 e. The monoisotopic (exact) mass is 278 g/mol. The first-order chi connectivity index (χ1) is 9.43. The van der Waals surface area contributed by atoms with Gasteiger partial charge in [0, 0.05) is 6.42 Å². The number of nitrogens with one attached hydrogen (secondary N) is 1. The molecule has 0 aromatic heterocycles. The molecule has 0 saturated heterocycles. The van der Waals surface area contributed by atoms with Gasteiger partial charge in [-0.1, -0.05) is 32.9 Å². The third-order valence-corrected chi connectivity index (χ3v) is 3.18. The number of carbonyl (C=O) groups excluding carboxylic acids is 1. The number of carbonyl (C=O) groups is 1. The lowest BCUT2D eigenvalue weighted by Crippen LogP contribution is -2.29. The quantitative estimate of drug-likeness (QED) is 0.349. The molecule has 4 nitrogen and oxygen atoms in total. The van der Waals surface area contributed by atoms with Gasteiger partial charge in [-0.2, -0.15) is 0 Å². The largest absolute Gasteiger partial charge is 0.494 e. The lowest BCUT2D eigenvalue weighted by Gasteiger charge is -2.19. The Kier molecular flexibility index (Phi) is 6.52. The van der Waals surface area contributed by atoms with Gasteiger partial charge in [-0.15, -0.1) is 0 Å². The van der Waals surface area contributed by atoms with E-state index in [-0.39, 0.29) is 11.3 Å². The maximum Gasteiger partial charge on any atom is 0.233 e. The molecule has 0 fully saturated rings. The van der Waals surface area contributed by atoms with Crippen LogP contribution in [0.3, 0.4) is 0 Å². The summed E-state index contributed by atoms with van der Waals surface area (Å²) < 4.78 is 5.75. The van der Waals surface area contributed by atoms with Crippen LogP contribution in [0.25, 0.3) is 0 Å². The SMILES string of the molecule is CC(C)(C)c1cccc(OCCCCCC(=O)NN)c1. The van der Waals surface area contributed by atoms with Crippen LogP contribution in [0.2, 0.25) is 0 Å². The van der Waals surface area contributed by atoms with E-state index in [0.29, 0.717) is 13.0 Å². The Bertz CT molecular complexity index is 425. The predicted octanol–water partition coefficient (Wildman–Crippen LogP) is 2.91. The zero-order chi connectivity index (χ0) is 15.0. The van der Waals surface area contributed by atoms with Gasteiger partial charge in [0.1, 0.15) is 5.75 Å². The minimum absolute atomic E-state index is 0.108. The molecule has 1 aromatic rings. The molecule has 0 saturated carbocycles. The highest BCUT2D eigenvalue weighted by atomic mass is 16.5. The van der Waals surface area contributed by atoms with Crippen molar-refractivity contribution in [2.24, 2.45) is 5.84 Å². The van der Waals surface area contributed by atoms with E-state index in [1.54, 1.807) is 0 Å². The molecule has 4 heteroatoms. The zero-order valence-corrected chi connectivity index (χ0v) is 12.7. The fraction of sp³-hybridized carbons (Fsp3) is 0.562. The molecule has 1 aromatic carbocycles. The van der Waals surface area contributed by atoms with E-state index in [2.05, 4.69) is 38.3 Å². The molecule has 0 radical (unpaired) electrons. The predicted molar refractivity (Wildman–Crippen MR) is 81.4 cm³/mol. The molecule has 0 aliphatic heterocycles. The number of benzene rings is 1. The number of hydrogen-bond acceptors (Lipinski definition) is 3. The summed E-state index contributed by atoms with van der Waals surface area (Å²) >= 11 is 0. The summed E-state index contributed by atoms with van der Waals surface area (Å²) in [6.07, 6.45) is 3.23. The molecule has 0 atom stereocenters. The van der Waals surface area contributed by atoms with Crippen molar-refractivity contribution in [3.63, 3.8) is 0 Å². The minimum Gasteiger partial charge on any atom is -0.494 e. The molecule has 0 spiro atoms. The van der Waals surface area contributed by atoms with Crippen molar-refractivity contribution in [1.82, 2.24) is 5.43 Å². The third-order valence-electron chi connectivity index (χ3n) is 3.18. The topological polar surface area (TPSA) is 64.3 Å². The van der Waals surface area contributed by atoms with Gasteiger partial charge in [0.15, 0.2) is 0 Å². The van der Waals surface area contributed by atoms with Gasteiger partial charge in [-0.3, -0.25) is 10.2 Å². The first kappa shape index (κ1) is 16.5. The van der Waals surface area contributed by atoms with Gasteiger partial charge in [0.2, 0.25) is 5.91 Å². The highest BCUT2D eigenvalue weighted by molar-refractivity contribution is 5.75. The lowest BCUT2D eigenvalue weighted by molar-refractivity contribution is -0.121. The van der Waals surface area contributed by atoms with Crippen LogP contribution in [0.5, 0.6) is 5.75 Å². The van der Waals surface area contributed by atoms with Crippen LogP contribution in [0, 0.1) is 0 Å². The molecule has 0 unspecified atom stereocenters. The van der Waals surface area contributed by atoms with E-state index in [0.717, 1.165) is 25.0 Å². The van der Waals surface area contributed by atoms with Gasteiger partial charge in [0.25, 0.3) is 0 Å². The second-order valence-electron chi connectivity index (χ2n) is 6.00. The van der Waals surface area contributed by atoms with Crippen molar-refractivity contribution in [2.75, 3.05) is 6.61 Å². The fourth-order valence-electron chi connectivity index (χ4n) is 1.88. The summed E-state index contributed by atoms with van der Waals surface area (Å²) in [5.41, 5.74) is 3.54. The molecule has 0 heterocycles. The van der Waals surface area contributed by atoms with Crippen molar-refractivity contribution in [3.8, 4) is 5.75 Å². The average Bonchev–Trinajstić information content (AvgIpc) is 2.41. The Morgan fingerprint density at radius 1 is 1.25 bits per heavy atom. The number of rotatable bonds is 7. The molecule has 1 rings (SSSR count). The standard InChI is InChI=1S/C16H26N2O2/c1-16(2,3)13-8-7-9-14(12-13)20-11-6-4-5-10-15(19)18-17/h7-9,12H,4-6,10-11,17H2,1-3H3,(H,18,19). The number of ether oxygens (including phenoxy) is 1. The summed E-state index contributed by atoms with van der Waals surface area (Å²) in [7, 11) is 0. The van der Waals surface area contributed by atoms with Crippen molar-refractivity contribution < 1.29 is 9.53 Å². The molecular formula is C16H26N2O2. The Morgan fingerprint density at radius 2 is 2.00 bits per heavy atom. The third kappa shape index (κ3) is 6.06. The molecular weight excluding hydrogens is 252 g/mol. The van der Waals surface area contributed by atoms with E-state index in [1.807, 2.05) is 12.1 Å². The number of nitrogens with two attached hydrogens (primary N) is 1. The molecule has 0 aliphatic rings. The normalized spacial score (nSPS) is 11.2. The van der Waals surface area contributed by atoms with Crippen molar-refractivity contribution in [3.05, 3.63) is 29.8 Å². The van der Waals surface area contributed by atoms with Gasteiger partial charge in [-0.25, -0.2) is 5.84 Å². The Hall–Kier alpha value is -1.55. The van der Waals surface area contributed by atoms with E-state index >= 15 is 0 Å². The summed E-state index contributed by atoms with van der Waals surface area (Å²) in [6, 6.07) is 8.23. The van der Waals surface area contributed by atoms with Crippen LogP contribution < -0.4 is 16.0 Å². The van der Waals surface area contributed by atoms with Crippen molar-refractivity contribution in [2.45, 2.75) is 51.9 Å². The number of hydrazine groups is 1. The molecule has 0 aliphatic carbocycles. The maximum absolute atomic E-state index is 10.9. The van der Waals surface area contributed by atoms with E-state index in [1.165, 1.54) is 5.56 Å². The molecule has 20 heavy (non-hydrogen) atoms. The highest BCUT2D eigenvalue weighted by Gasteiger charge is 2.13. The first-order valence-corrected chi connectivity index (χ1v) is 7.16. The van der Waals surface area contributed by atoms with Gasteiger partial charge in [0.05, 0.1) is 6.61 Å². The second kappa shape index (κ2) is 7.90. The van der Waals surface area contributed by atoms with E-state index < -0.39 is 0 Å². The van der Waals surface area contributed by atoms with E-state index in [4.69, 9.17) is 10.6 Å². The van der Waals surface area contributed by atoms with Crippen molar-refractivity contribution >= 4 is 5.91 Å². The van der Waals surface area contributed by atoms with Gasteiger partial charge < -0.3 is 4.74 Å². The summed E-state index contributed by atoms with van der Waals surface area (Å²) in [5.74, 6) is 5.82. The molecule has 1 amide bonds. The molecule has 112 valence electrons. The fourth-order valence-corrected chi connectivity index (χ4v) is 1.88. The first-order valence-electron chi connectivity index (χ1n) is 7.16. The molecule has 0 bridgehead atoms. The summed E-state index contributed by atoms with van der Waals surface area (Å²) in [6.45, 7) is 7.25. The second-order valence-corrected chi connectivity index (χ2v) is 6.00. The molecule has 3 N–H and O–H groups in total. The van der Waals surface area contributed by atoms with Gasteiger partial charge >= 0.3 is 0 Å². The summed E-state index contributed by atoms with van der Waals surface area (Å²) in [4.78, 5) is 10.9. The number of amides is 1. The van der Waals surface area contributed by atoms with Crippen LogP contribution in [0.4, 0.5) is 0 Å².